The van der Waals surface area contributed by atoms with E-state index in [-0.39, 0.29) is 23.8 Å². The molecular weight excluding hydrogens is 296 g/mol. The van der Waals surface area contributed by atoms with E-state index in [0.29, 0.717) is 13.0 Å². The Bertz CT molecular complexity index is 420. The van der Waals surface area contributed by atoms with Crippen LogP contribution < -0.4 is 10.6 Å². The molecule has 3 aliphatic rings. The van der Waals surface area contributed by atoms with Gasteiger partial charge in [-0.25, -0.2) is 0 Å². The van der Waals surface area contributed by atoms with Crippen molar-refractivity contribution in [3.05, 3.63) is 0 Å². The van der Waals surface area contributed by atoms with E-state index >= 15 is 0 Å². The van der Waals surface area contributed by atoms with E-state index in [4.69, 9.17) is 4.74 Å². The van der Waals surface area contributed by atoms with Gasteiger partial charge in [0.05, 0.1) is 25.2 Å². The number of carbonyl (C=O) groups is 2. The molecule has 23 heavy (non-hydrogen) atoms. The van der Waals surface area contributed by atoms with Gasteiger partial charge in [0, 0.05) is 45.7 Å². The van der Waals surface area contributed by atoms with Crippen molar-refractivity contribution in [2.45, 2.75) is 25.3 Å². The van der Waals surface area contributed by atoms with Gasteiger partial charge >= 0.3 is 0 Å². The minimum Gasteiger partial charge on any atom is -0.379 e. The molecular formula is C16H28N4O3. The molecule has 3 fully saturated rings. The normalized spacial score (nSPS) is 29.7. The summed E-state index contributed by atoms with van der Waals surface area (Å²) in [6, 6.07) is -0.0263. The fourth-order valence-corrected chi connectivity index (χ4v) is 3.57. The van der Waals surface area contributed by atoms with E-state index in [1.807, 2.05) is 4.90 Å². The summed E-state index contributed by atoms with van der Waals surface area (Å²) >= 11 is 0. The zero-order chi connectivity index (χ0) is 16.1. The molecule has 130 valence electrons. The Morgan fingerprint density at radius 2 is 2.13 bits per heavy atom. The van der Waals surface area contributed by atoms with Crippen molar-refractivity contribution in [2.75, 3.05) is 59.0 Å². The van der Waals surface area contributed by atoms with E-state index in [2.05, 4.69) is 15.5 Å². The van der Waals surface area contributed by atoms with E-state index in [1.54, 1.807) is 0 Å². The number of ether oxygens (including phenoxy) is 1. The summed E-state index contributed by atoms with van der Waals surface area (Å²) < 4.78 is 5.34. The Hall–Kier alpha value is -1.18. The van der Waals surface area contributed by atoms with Crippen molar-refractivity contribution in [2.24, 2.45) is 5.92 Å². The highest BCUT2D eigenvalue weighted by Gasteiger charge is 2.32. The van der Waals surface area contributed by atoms with Crippen LogP contribution in [-0.4, -0.2) is 86.7 Å². The fraction of sp³-hybridized carbons (Fsp3) is 0.875. The second-order valence-corrected chi connectivity index (χ2v) is 6.75. The van der Waals surface area contributed by atoms with Crippen LogP contribution in [0.15, 0.2) is 0 Å². The maximum atomic E-state index is 12.3. The summed E-state index contributed by atoms with van der Waals surface area (Å²) in [5.74, 6) is 0.316. The molecule has 2 N–H and O–H groups in total. The van der Waals surface area contributed by atoms with Gasteiger partial charge in [0.15, 0.2) is 0 Å². The number of nitrogens with one attached hydrogen (secondary N) is 2. The van der Waals surface area contributed by atoms with Crippen LogP contribution in [0.5, 0.6) is 0 Å². The SMILES string of the molecule is O=C(NC1CC(=O)N(CCN2CCOCC2)C1)C1CCCNC1. The van der Waals surface area contributed by atoms with Gasteiger partial charge in [-0.05, 0) is 19.4 Å². The number of hydrogen-bond donors (Lipinski definition) is 2. The molecule has 0 radical (unpaired) electrons. The monoisotopic (exact) mass is 324 g/mol. The van der Waals surface area contributed by atoms with Crippen LogP contribution in [0.25, 0.3) is 0 Å². The van der Waals surface area contributed by atoms with Crippen molar-refractivity contribution in [1.29, 1.82) is 0 Å². The van der Waals surface area contributed by atoms with Gasteiger partial charge in [0.2, 0.25) is 11.8 Å². The number of morpholine rings is 1. The average molecular weight is 324 g/mol. The highest BCUT2D eigenvalue weighted by atomic mass is 16.5. The Morgan fingerprint density at radius 1 is 1.30 bits per heavy atom. The van der Waals surface area contributed by atoms with Crippen LogP contribution >= 0.6 is 0 Å². The molecule has 0 spiro atoms. The van der Waals surface area contributed by atoms with E-state index in [9.17, 15) is 9.59 Å². The number of piperidine rings is 1. The summed E-state index contributed by atoms with van der Waals surface area (Å²) in [6.07, 6.45) is 2.43. The maximum absolute atomic E-state index is 12.3. The molecule has 7 nitrogen and oxygen atoms in total. The van der Waals surface area contributed by atoms with Crippen LogP contribution in [0.3, 0.4) is 0 Å². The third-order valence-corrected chi connectivity index (χ3v) is 5.02. The second kappa shape index (κ2) is 8.08. The standard InChI is InChI=1S/C16H28N4O3/c21-15-10-14(18-16(22)13-2-1-3-17-11-13)12-20(15)5-4-19-6-8-23-9-7-19/h13-14,17H,1-12H2,(H,18,22). The van der Waals surface area contributed by atoms with Crippen molar-refractivity contribution >= 4 is 11.8 Å². The Labute approximate surface area is 137 Å². The lowest BCUT2D eigenvalue weighted by Crippen LogP contribution is -2.46. The van der Waals surface area contributed by atoms with Gasteiger partial charge in [-0.2, -0.15) is 0 Å². The third-order valence-electron chi connectivity index (χ3n) is 5.02. The van der Waals surface area contributed by atoms with Gasteiger partial charge in [0.25, 0.3) is 0 Å². The molecule has 0 aliphatic carbocycles. The van der Waals surface area contributed by atoms with Crippen molar-refractivity contribution in [3.63, 3.8) is 0 Å². The number of carbonyl (C=O) groups excluding carboxylic acids is 2. The molecule has 2 atom stereocenters. The molecule has 7 heteroatoms. The quantitative estimate of drug-likeness (QED) is 0.681. The van der Waals surface area contributed by atoms with Crippen LogP contribution in [0.1, 0.15) is 19.3 Å². The number of hydrogen-bond acceptors (Lipinski definition) is 5. The molecule has 0 saturated carbocycles. The second-order valence-electron chi connectivity index (χ2n) is 6.75. The number of nitrogens with zero attached hydrogens (tertiary/aromatic N) is 2. The average Bonchev–Trinajstić information content (AvgIpc) is 2.94. The highest BCUT2D eigenvalue weighted by molar-refractivity contribution is 5.83. The lowest BCUT2D eigenvalue weighted by atomic mass is 9.98. The largest absolute Gasteiger partial charge is 0.379 e. The summed E-state index contributed by atoms with van der Waals surface area (Å²) in [5, 5.41) is 6.33. The smallest absolute Gasteiger partial charge is 0.224 e. The van der Waals surface area contributed by atoms with Gasteiger partial charge in [-0.15, -0.1) is 0 Å². The first-order chi connectivity index (χ1) is 11.2. The van der Waals surface area contributed by atoms with E-state index in [0.717, 1.165) is 65.3 Å². The predicted octanol–water partition coefficient (Wildman–Crippen LogP) is -0.965. The van der Waals surface area contributed by atoms with Gasteiger partial charge < -0.3 is 20.3 Å². The van der Waals surface area contributed by atoms with Gasteiger partial charge in [0.1, 0.15) is 0 Å². The van der Waals surface area contributed by atoms with Crippen molar-refractivity contribution in [3.8, 4) is 0 Å². The van der Waals surface area contributed by atoms with Gasteiger partial charge in [-0.3, -0.25) is 14.5 Å². The van der Waals surface area contributed by atoms with Crippen LogP contribution in [0, 0.1) is 5.92 Å². The lowest BCUT2D eigenvalue weighted by Gasteiger charge is -2.28. The molecule has 2 unspecified atom stereocenters. The molecule has 0 bridgehead atoms. The molecule has 3 rings (SSSR count). The molecule has 3 heterocycles. The molecule has 0 aromatic rings. The summed E-state index contributed by atoms with van der Waals surface area (Å²) in [5.41, 5.74) is 0. The number of likely N-dealkylation sites (tertiary alicyclic amines) is 1. The molecule has 2 amide bonds. The fourth-order valence-electron chi connectivity index (χ4n) is 3.57. The van der Waals surface area contributed by atoms with E-state index in [1.165, 1.54) is 0 Å². The zero-order valence-electron chi connectivity index (χ0n) is 13.8. The first-order valence-electron chi connectivity index (χ1n) is 8.81. The Morgan fingerprint density at radius 3 is 2.87 bits per heavy atom. The van der Waals surface area contributed by atoms with Crippen LogP contribution in [0.4, 0.5) is 0 Å². The summed E-state index contributed by atoms with van der Waals surface area (Å²) in [4.78, 5) is 28.6. The third kappa shape index (κ3) is 4.65. The maximum Gasteiger partial charge on any atom is 0.224 e. The van der Waals surface area contributed by atoms with Crippen LogP contribution in [0.2, 0.25) is 0 Å². The molecule has 3 saturated heterocycles. The topological polar surface area (TPSA) is 73.9 Å². The van der Waals surface area contributed by atoms with E-state index < -0.39 is 0 Å². The van der Waals surface area contributed by atoms with Crippen molar-refractivity contribution in [1.82, 2.24) is 20.4 Å². The zero-order valence-corrected chi connectivity index (χ0v) is 13.8. The molecule has 3 aliphatic heterocycles. The highest BCUT2D eigenvalue weighted by Crippen LogP contribution is 2.14. The Balaban J connectivity index is 1.40. The first-order valence-corrected chi connectivity index (χ1v) is 8.81. The molecule has 0 aromatic heterocycles. The van der Waals surface area contributed by atoms with Crippen molar-refractivity contribution < 1.29 is 14.3 Å². The van der Waals surface area contributed by atoms with Crippen LogP contribution in [-0.2, 0) is 14.3 Å². The number of rotatable bonds is 5. The minimum atomic E-state index is -0.0263. The lowest BCUT2D eigenvalue weighted by molar-refractivity contribution is -0.128. The number of amides is 2. The summed E-state index contributed by atoms with van der Waals surface area (Å²) in [6.45, 7) is 7.49. The summed E-state index contributed by atoms with van der Waals surface area (Å²) in [7, 11) is 0. The predicted molar refractivity (Wildman–Crippen MR) is 86.0 cm³/mol. The Kier molecular flexibility index (Phi) is 5.85. The minimum absolute atomic E-state index is 0.0263. The molecule has 0 aromatic carbocycles. The van der Waals surface area contributed by atoms with Gasteiger partial charge in [-0.1, -0.05) is 0 Å². The first kappa shape index (κ1) is 16.7.